The van der Waals surface area contributed by atoms with Gasteiger partial charge in [-0.3, -0.25) is 4.79 Å². The third kappa shape index (κ3) is 4.62. The van der Waals surface area contributed by atoms with E-state index in [4.69, 9.17) is 31.5 Å². The lowest BCUT2D eigenvalue weighted by Crippen LogP contribution is -2.31. The van der Waals surface area contributed by atoms with Crippen LogP contribution in [0.5, 0.6) is 11.5 Å². The number of ether oxygens (including phenoxy) is 3. The summed E-state index contributed by atoms with van der Waals surface area (Å²) in [5.74, 6) is 0.201. The largest absolute Gasteiger partial charge is 0.486 e. The molecule has 0 fully saturated rings. The summed E-state index contributed by atoms with van der Waals surface area (Å²) in [6.45, 7) is 2.40. The van der Waals surface area contributed by atoms with Crippen molar-refractivity contribution in [3.05, 3.63) is 52.5 Å². The molecule has 1 atom stereocenters. The van der Waals surface area contributed by atoms with Crippen LogP contribution < -0.4 is 20.5 Å². The number of rotatable bonds is 5. The number of esters is 1. The van der Waals surface area contributed by atoms with Gasteiger partial charge in [-0.15, -0.1) is 0 Å². The van der Waals surface area contributed by atoms with Gasteiger partial charge in [-0.2, -0.15) is 0 Å². The summed E-state index contributed by atoms with van der Waals surface area (Å²) in [5, 5.41) is 3.18. The van der Waals surface area contributed by atoms with E-state index in [0.29, 0.717) is 29.7 Å². The molecule has 3 rings (SSSR count). The van der Waals surface area contributed by atoms with Crippen LogP contribution in [-0.2, 0) is 9.53 Å². The summed E-state index contributed by atoms with van der Waals surface area (Å²) in [6, 6.07) is 9.60. The Labute approximate surface area is 161 Å². The van der Waals surface area contributed by atoms with Crippen molar-refractivity contribution in [2.24, 2.45) is 0 Å². The summed E-state index contributed by atoms with van der Waals surface area (Å²) in [4.78, 5) is 24.1. The Morgan fingerprint density at radius 2 is 1.93 bits per heavy atom. The molecule has 142 valence electrons. The lowest BCUT2D eigenvalue weighted by molar-refractivity contribution is -0.124. The number of amides is 1. The Morgan fingerprint density at radius 3 is 2.67 bits per heavy atom. The SMILES string of the molecule is C[C@@H](NC(=O)COC(=O)c1ccc(Cl)cc1N)c1ccc2c(c1)OCCO2. The fraction of sp³-hybridized carbons (Fsp3) is 0.263. The summed E-state index contributed by atoms with van der Waals surface area (Å²) in [5.41, 5.74) is 6.93. The lowest BCUT2D eigenvalue weighted by Gasteiger charge is -2.21. The lowest BCUT2D eigenvalue weighted by atomic mass is 10.1. The summed E-state index contributed by atoms with van der Waals surface area (Å²) >= 11 is 5.80. The molecule has 1 aliphatic heterocycles. The van der Waals surface area contributed by atoms with E-state index in [2.05, 4.69) is 5.32 Å². The van der Waals surface area contributed by atoms with E-state index < -0.39 is 18.5 Å². The van der Waals surface area contributed by atoms with E-state index in [0.717, 1.165) is 5.56 Å². The Bertz CT molecular complexity index is 871. The van der Waals surface area contributed by atoms with E-state index >= 15 is 0 Å². The van der Waals surface area contributed by atoms with Crippen LogP contribution in [0.25, 0.3) is 0 Å². The number of nitrogens with two attached hydrogens (primary N) is 1. The van der Waals surface area contributed by atoms with Crippen LogP contribution in [0.3, 0.4) is 0 Å². The molecule has 0 bridgehead atoms. The van der Waals surface area contributed by atoms with Crippen molar-refractivity contribution >= 4 is 29.2 Å². The zero-order chi connectivity index (χ0) is 19.4. The molecule has 0 saturated heterocycles. The Hall–Kier alpha value is -2.93. The minimum Gasteiger partial charge on any atom is -0.486 e. The van der Waals surface area contributed by atoms with Gasteiger partial charge in [-0.25, -0.2) is 4.79 Å². The molecular weight excluding hydrogens is 372 g/mol. The number of carbonyl (C=O) groups excluding carboxylic acids is 2. The number of benzene rings is 2. The maximum atomic E-state index is 12.1. The standard InChI is InChI=1S/C19H19ClN2O5/c1-11(12-2-5-16-17(8-12)26-7-6-25-16)22-18(23)10-27-19(24)14-4-3-13(20)9-15(14)21/h2-5,8-9,11H,6-7,10,21H2,1H3,(H,22,23)/t11-/m1/s1. The number of hydrogen-bond donors (Lipinski definition) is 2. The van der Waals surface area contributed by atoms with Gasteiger partial charge in [0, 0.05) is 10.7 Å². The van der Waals surface area contributed by atoms with Gasteiger partial charge in [0.1, 0.15) is 13.2 Å². The van der Waals surface area contributed by atoms with Gasteiger partial charge >= 0.3 is 5.97 Å². The second-order valence-corrected chi connectivity index (χ2v) is 6.44. The molecule has 1 amide bonds. The molecule has 0 aromatic heterocycles. The van der Waals surface area contributed by atoms with Crippen LogP contribution >= 0.6 is 11.6 Å². The fourth-order valence-corrected chi connectivity index (χ4v) is 2.80. The molecule has 0 unspecified atom stereocenters. The molecule has 0 radical (unpaired) electrons. The van der Waals surface area contributed by atoms with Crippen molar-refractivity contribution in [2.75, 3.05) is 25.6 Å². The topological polar surface area (TPSA) is 99.9 Å². The minimum absolute atomic E-state index is 0.159. The molecule has 1 aliphatic rings. The van der Waals surface area contributed by atoms with Crippen molar-refractivity contribution in [1.82, 2.24) is 5.32 Å². The first kappa shape index (κ1) is 18.8. The van der Waals surface area contributed by atoms with Crippen LogP contribution in [0.15, 0.2) is 36.4 Å². The smallest absolute Gasteiger partial charge is 0.340 e. The molecule has 0 aliphatic carbocycles. The fourth-order valence-electron chi connectivity index (χ4n) is 2.62. The highest BCUT2D eigenvalue weighted by Gasteiger charge is 2.17. The zero-order valence-corrected chi connectivity index (χ0v) is 15.4. The number of carbonyl (C=O) groups is 2. The van der Waals surface area contributed by atoms with Crippen LogP contribution in [0, 0.1) is 0 Å². The molecule has 3 N–H and O–H groups in total. The number of fused-ring (bicyclic) bond motifs is 1. The third-order valence-corrected chi connectivity index (χ3v) is 4.25. The summed E-state index contributed by atoms with van der Waals surface area (Å²) in [7, 11) is 0. The molecule has 1 heterocycles. The third-order valence-electron chi connectivity index (χ3n) is 4.01. The molecular formula is C19H19ClN2O5. The Kier molecular flexibility index (Phi) is 5.71. The second kappa shape index (κ2) is 8.18. The highest BCUT2D eigenvalue weighted by atomic mass is 35.5. The van der Waals surface area contributed by atoms with Crippen molar-refractivity contribution in [3.63, 3.8) is 0 Å². The van der Waals surface area contributed by atoms with Crippen molar-refractivity contribution < 1.29 is 23.8 Å². The summed E-state index contributed by atoms with van der Waals surface area (Å²) in [6.07, 6.45) is 0. The molecule has 2 aromatic rings. The van der Waals surface area contributed by atoms with Gasteiger partial charge in [0.2, 0.25) is 0 Å². The number of anilines is 1. The van der Waals surface area contributed by atoms with Gasteiger partial charge in [0.15, 0.2) is 18.1 Å². The van der Waals surface area contributed by atoms with E-state index in [1.165, 1.54) is 18.2 Å². The van der Waals surface area contributed by atoms with Crippen LogP contribution in [0.4, 0.5) is 5.69 Å². The Morgan fingerprint density at radius 1 is 1.19 bits per heavy atom. The van der Waals surface area contributed by atoms with Crippen LogP contribution in [-0.4, -0.2) is 31.7 Å². The molecule has 2 aromatic carbocycles. The number of halogens is 1. The molecule has 0 spiro atoms. The first-order valence-corrected chi connectivity index (χ1v) is 8.73. The van der Waals surface area contributed by atoms with Gasteiger partial charge in [-0.1, -0.05) is 17.7 Å². The van der Waals surface area contributed by atoms with Gasteiger partial charge < -0.3 is 25.3 Å². The monoisotopic (exact) mass is 390 g/mol. The van der Waals surface area contributed by atoms with E-state index in [1.54, 1.807) is 6.07 Å². The van der Waals surface area contributed by atoms with Crippen molar-refractivity contribution in [2.45, 2.75) is 13.0 Å². The molecule has 0 saturated carbocycles. The highest BCUT2D eigenvalue weighted by Crippen LogP contribution is 2.32. The molecule has 7 nitrogen and oxygen atoms in total. The van der Waals surface area contributed by atoms with E-state index in [1.807, 2.05) is 19.1 Å². The van der Waals surface area contributed by atoms with Crippen LogP contribution in [0.1, 0.15) is 28.9 Å². The quantitative estimate of drug-likeness (QED) is 0.601. The molecule has 27 heavy (non-hydrogen) atoms. The average molecular weight is 391 g/mol. The first-order valence-electron chi connectivity index (χ1n) is 8.35. The average Bonchev–Trinajstić information content (AvgIpc) is 2.65. The van der Waals surface area contributed by atoms with Gasteiger partial charge in [-0.05, 0) is 42.8 Å². The second-order valence-electron chi connectivity index (χ2n) is 6.00. The van der Waals surface area contributed by atoms with Crippen molar-refractivity contribution in [3.8, 4) is 11.5 Å². The van der Waals surface area contributed by atoms with E-state index in [-0.39, 0.29) is 17.3 Å². The minimum atomic E-state index is -0.689. The predicted molar refractivity (Wildman–Crippen MR) is 100 cm³/mol. The van der Waals surface area contributed by atoms with Gasteiger partial charge in [0.25, 0.3) is 5.91 Å². The number of hydrogen-bond acceptors (Lipinski definition) is 6. The maximum absolute atomic E-state index is 12.1. The first-order chi connectivity index (χ1) is 12.9. The highest BCUT2D eigenvalue weighted by molar-refractivity contribution is 6.31. The maximum Gasteiger partial charge on any atom is 0.340 e. The van der Waals surface area contributed by atoms with Crippen LogP contribution in [0.2, 0.25) is 5.02 Å². The van der Waals surface area contributed by atoms with Gasteiger partial charge in [0.05, 0.1) is 11.6 Å². The number of nitrogen functional groups attached to an aromatic ring is 1. The predicted octanol–water partition coefficient (Wildman–Crippen LogP) is 2.73. The van der Waals surface area contributed by atoms with E-state index in [9.17, 15) is 9.59 Å². The normalized spacial score (nSPS) is 13.6. The van der Waals surface area contributed by atoms with Crippen molar-refractivity contribution in [1.29, 1.82) is 0 Å². The summed E-state index contributed by atoms with van der Waals surface area (Å²) < 4.78 is 16.0. The number of nitrogens with one attached hydrogen (secondary N) is 1. The molecule has 8 heteroatoms. The Balaban J connectivity index is 1.55. The zero-order valence-electron chi connectivity index (χ0n) is 14.7.